The maximum atomic E-state index is 5.84. The molecule has 15 heavy (non-hydrogen) atoms. The highest BCUT2D eigenvalue weighted by Crippen LogP contribution is 2.34. The van der Waals surface area contributed by atoms with Crippen LogP contribution in [0, 0.1) is 0 Å². The van der Waals surface area contributed by atoms with Crippen LogP contribution in [-0.2, 0) is 0 Å². The Morgan fingerprint density at radius 3 is 3.00 bits per heavy atom. The SMILES string of the molecule is COc1ccsc1-c1nc(C(C)Cl)no1. The van der Waals surface area contributed by atoms with Gasteiger partial charge in [0.2, 0.25) is 0 Å². The van der Waals surface area contributed by atoms with Gasteiger partial charge >= 0.3 is 0 Å². The average Bonchev–Trinajstić information content (AvgIpc) is 2.85. The van der Waals surface area contributed by atoms with Crippen LogP contribution in [0.15, 0.2) is 16.0 Å². The predicted molar refractivity (Wildman–Crippen MR) is 58.4 cm³/mol. The minimum atomic E-state index is -0.256. The third-order valence-corrected chi connectivity index (χ3v) is 2.92. The summed E-state index contributed by atoms with van der Waals surface area (Å²) in [6, 6.07) is 1.86. The molecule has 6 heteroatoms. The van der Waals surface area contributed by atoms with Crippen LogP contribution in [0.5, 0.6) is 5.75 Å². The van der Waals surface area contributed by atoms with Crippen molar-refractivity contribution in [1.82, 2.24) is 10.1 Å². The molecule has 0 spiro atoms. The van der Waals surface area contributed by atoms with Crippen LogP contribution in [-0.4, -0.2) is 17.3 Å². The first-order valence-corrected chi connectivity index (χ1v) is 5.63. The summed E-state index contributed by atoms with van der Waals surface area (Å²) in [5.41, 5.74) is 0. The lowest BCUT2D eigenvalue weighted by atomic mass is 10.4. The molecular weight excluding hydrogens is 236 g/mol. The summed E-state index contributed by atoms with van der Waals surface area (Å²) >= 11 is 7.33. The largest absolute Gasteiger partial charge is 0.495 e. The van der Waals surface area contributed by atoms with E-state index >= 15 is 0 Å². The zero-order chi connectivity index (χ0) is 10.8. The number of nitrogens with zero attached hydrogens (tertiary/aromatic N) is 2. The van der Waals surface area contributed by atoms with Crippen LogP contribution in [0.1, 0.15) is 18.1 Å². The monoisotopic (exact) mass is 244 g/mol. The Morgan fingerprint density at radius 1 is 1.60 bits per heavy atom. The maximum Gasteiger partial charge on any atom is 0.271 e. The second-order valence-corrected chi connectivity index (χ2v) is 4.46. The van der Waals surface area contributed by atoms with Crippen LogP contribution in [0.25, 0.3) is 10.8 Å². The number of halogens is 1. The predicted octanol–water partition coefficient (Wildman–Crippen LogP) is 3.11. The molecule has 0 saturated heterocycles. The van der Waals surface area contributed by atoms with Crippen LogP contribution in [0.3, 0.4) is 0 Å². The van der Waals surface area contributed by atoms with Gasteiger partial charge in [-0.2, -0.15) is 4.98 Å². The second-order valence-electron chi connectivity index (χ2n) is 2.89. The van der Waals surface area contributed by atoms with Gasteiger partial charge in [0.15, 0.2) is 5.82 Å². The smallest absolute Gasteiger partial charge is 0.271 e. The van der Waals surface area contributed by atoms with E-state index in [1.54, 1.807) is 14.0 Å². The minimum Gasteiger partial charge on any atom is -0.495 e. The van der Waals surface area contributed by atoms with Gasteiger partial charge in [-0.3, -0.25) is 0 Å². The fourth-order valence-corrected chi connectivity index (χ4v) is 1.97. The lowest BCUT2D eigenvalue weighted by Gasteiger charge is -1.95. The first-order chi connectivity index (χ1) is 7.22. The van der Waals surface area contributed by atoms with E-state index in [1.165, 1.54) is 11.3 Å². The molecule has 2 rings (SSSR count). The second kappa shape index (κ2) is 4.20. The highest BCUT2D eigenvalue weighted by atomic mass is 35.5. The van der Waals surface area contributed by atoms with E-state index in [2.05, 4.69) is 10.1 Å². The van der Waals surface area contributed by atoms with Crippen LogP contribution in [0.2, 0.25) is 0 Å². The van der Waals surface area contributed by atoms with Crippen LogP contribution in [0.4, 0.5) is 0 Å². The first-order valence-electron chi connectivity index (χ1n) is 4.32. The third-order valence-electron chi connectivity index (χ3n) is 1.84. The normalized spacial score (nSPS) is 12.7. The molecule has 2 aromatic rings. The van der Waals surface area contributed by atoms with Crippen molar-refractivity contribution in [3.8, 4) is 16.5 Å². The fraction of sp³-hybridized carbons (Fsp3) is 0.333. The van der Waals surface area contributed by atoms with Gasteiger partial charge in [0.1, 0.15) is 10.6 Å². The molecule has 0 aliphatic carbocycles. The standard InChI is InChI=1S/C9H9ClN2O2S/c1-5(10)8-11-9(14-12-8)7-6(13-2)3-4-15-7/h3-5H,1-2H3. The summed E-state index contributed by atoms with van der Waals surface area (Å²) in [4.78, 5) is 5.01. The Balaban J connectivity index is 2.37. The van der Waals surface area contributed by atoms with Crippen molar-refractivity contribution in [3.63, 3.8) is 0 Å². The summed E-state index contributed by atoms with van der Waals surface area (Å²) in [6.45, 7) is 1.79. The topological polar surface area (TPSA) is 48.2 Å². The Labute approximate surface area is 95.8 Å². The Morgan fingerprint density at radius 2 is 2.40 bits per heavy atom. The molecule has 1 unspecified atom stereocenters. The summed E-state index contributed by atoms with van der Waals surface area (Å²) in [7, 11) is 1.60. The molecule has 0 fully saturated rings. The van der Waals surface area contributed by atoms with Crippen molar-refractivity contribution in [2.75, 3.05) is 7.11 Å². The van der Waals surface area contributed by atoms with E-state index in [-0.39, 0.29) is 5.38 Å². The quantitative estimate of drug-likeness (QED) is 0.779. The van der Waals surface area contributed by atoms with Crippen molar-refractivity contribution in [2.24, 2.45) is 0 Å². The van der Waals surface area contributed by atoms with Crippen LogP contribution >= 0.6 is 22.9 Å². The summed E-state index contributed by atoms with van der Waals surface area (Å²) in [5.74, 6) is 1.67. The molecule has 0 amide bonds. The van der Waals surface area contributed by atoms with Crippen molar-refractivity contribution >= 4 is 22.9 Å². The van der Waals surface area contributed by atoms with Gasteiger partial charge in [0.05, 0.1) is 12.5 Å². The molecule has 0 N–H and O–H groups in total. The molecule has 1 atom stereocenters. The lowest BCUT2D eigenvalue weighted by Crippen LogP contribution is -1.87. The maximum absolute atomic E-state index is 5.84. The number of aromatic nitrogens is 2. The molecule has 0 saturated carbocycles. The van der Waals surface area contributed by atoms with Gasteiger partial charge in [-0.1, -0.05) is 5.16 Å². The molecular formula is C9H9ClN2O2S. The van der Waals surface area contributed by atoms with Gasteiger partial charge in [-0.15, -0.1) is 22.9 Å². The van der Waals surface area contributed by atoms with Gasteiger partial charge in [0.25, 0.3) is 5.89 Å². The Hall–Kier alpha value is -1.07. The highest BCUT2D eigenvalue weighted by Gasteiger charge is 2.16. The first kappa shape index (κ1) is 10.4. The Bertz CT molecular complexity index is 452. The lowest BCUT2D eigenvalue weighted by molar-refractivity contribution is 0.405. The number of hydrogen-bond acceptors (Lipinski definition) is 5. The fourth-order valence-electron chi connectivity index (χ4n) is 1.10. The van der Waals surface area contributed by atoms with E-state index < -0.39 is 0 Å². The molecule has 2 aromatic heterocycles. The van der Waals surface area contributed by atoms with E-state index in [1.807, 2.05) is 11.4 Å². The van der Waals surface area contributed by atoms with Crippen LogP contribution < -0.4 is 4.74 Å². The number of hydrogen-bond donors (Lipinski definition) is 0. The Kier molecular flexibility index (Phi) is 2.93. The van der Waals surface area contributed by atoms with E-state index in [4.69, 9.17) is 20.9 Å². The molecule has 0 aliphatic heterocycles. The number of thiophene rings is 1. The summed E-state index contributed by atoms with van der Waals surface area (Å²) in [5, 5.41) is 5.43. The van der Waals surface area contributed by atoms with E-state index in [0.29, 0.717) is 11.7 Å². The molecule has 2 heterocycles. The summed E-state index contributed by atoms with van der Waals surface area (Å²) < 4.78 is 10.3. The van der Waals surface area contributed by atoms with Gasteiger partial charge in [0, 0.05) is 0 Å². The number of ether oxygens (including phenoxy) is 1. The molecule has 4 nitrogen and oxygen atoms in total. The minimum absolute atomic E-state index is 0.256. The van der Waals surface area contributed by atoms with Crippen molar-refractivity contribution in [1.29, 1.82) is 0 Å². The van der Waals surface area contributed by atoms with E-state index in [0.717, 1.165) is 10.6 Å². The van der Waals surface area contributed by atoms with Crippen molar-refractivity contribution in [2.45, 2.75) is 12.3 Å². The van der Waals surface area contributed by atoms with Gasteiger partial charge in [-0.05, 0) is 18.4 Å². The number of methoxy groups -OCH3 is 1. The van der Waals surface area contributed by atoms with Gasteiger partial charge < -0.3 is 9.26 Å². The van der Waals surface area contributed by atoms with E-state index in [9.17, 15) is 0 Å². The van der Waals surface area contributed by atoms with Crippen molar-refractivity contribution < 1.29 is 9.26 Å². The zero-order valence-corrected chi connectivity index (χ0v) is 9.80. The summed E-state index contributed by atoms with van der Waals surface area (Å²) in [6.07, 6.45) is 0. The van der Waals surface area contributed by atoms with Crippen molar-refractivity contribution in [3.05, 3.63) is 17.3 Å². The van der Waals surface area contributed by atoms with Gasteiger partial charge in [-0.25, -0.2) is 0 Å². The molecule has 0 bridgehead atoms. The molecule has 0 aromatic carbocycles. The zero-order valence-electron chi connectivity index (χ0n) is 8.23. The number of rotatable bonds is 3. The number of alkyl halides is 1. The highest BCUT2D eigenvalue weighted by molar-refractivity contribution is 7.13. The third kappa shape index (κ3) is 1.98. The average molecular weight is 245 g/mol. The molecule has 80 valence electrons. The molecule has 0 radical (unpaired) electrons. The molecule has 0 aliphatic rings.